The third-order valence-electron chi connectivity index (χ3n) is 11.2. The molecule has 0 spiro atoms. The van der Waals surface area contributed by atoms with Gasteiger partial charge in [-0.3, -0.25) is 4.57 Å². The van der Waals surface area contributed by atoms with Gasteiger partial charge in [0.05, 0.1) is 22.2 Å². The smallest absolute Gasteiger partial charge is 0.235 e. The van der Waals surface area contributed by atoms with E-state index >= 15 is 0 Å². The lowest BCUT2D eigenvalue weighted by Crippen LogP contribution is -2.03. The summed E-state index contributed by atoms with van der Waals surface area (Å²) in [5, 5.41) is 7.11. The predicted molar refractivity (Wildman–Crippen MR) is 232 cm³/mol. The van der Waals surface area contributed by atoms with Gasteiger partial charge < -0.3 is 9.73 Å². The highest BCUT2D eigenvalue weighted by molar-refractivity contribution is 6.09. The molecule has 0 saturated heterocycles. The number of nitrogens with one attached hydrogen (secondary N) is 1. The molecule has 11 aromatic rings. The largest absolute Gasteiger partial charge is 0.435 e. The van der Waals surface area contributed by atoms with Crippen molar-refractivity contribution >= 4 is 55.2 Å². The van der Waals surface area contributed by atoms with Gasteiger partial charge in [0.25, 0.3) is 0 Å². The number of benzene rings is 8. The molecule has 1 aliphatic heterocycles. The van der Waals surface area contributed by atoms with Crippen LogP contribution in [0, 0.1) is 0 Å². The Kier molecular flexibility index (Phi) is 6.83. The number of rotatable bonds is 4. The molecule has 57 heavy (non-hydrogen) atoms. The number of nitrogens with zero attached hydrogens (tertiary/aromatic N) is 4. The Labute approximate surface area is 327 Å². The predicted octanol–water partition coefficient (Wildman–Crippen LogP) is 13.3. The van der Waals surface area contributed by atoms with E-state index in [0.29, 0.717) is 11.8 Å². The highest BCUT2D eigenvalue weighted by Gasteiger charge is 2.23. The van der Waals surface area contributed by atoms with Crippen molar-refractivity contribution in [1.29, 1.82) is 0 Å². The third-order valence-corrected chi connectivity index (χ3v) is 11.2. The normalized spacial score (nSPS) is 12.0. The van der Waals surface area contributed by atoms with E-state index in [9.17, 15) is 0 Å². The molecule has 8 aromatic carbocycles. The molecule has 6 heteroatoms. The van der Waals surface area contributed by atoms with Crippen molar-refractivity contribution in [2.45, 2.75) is 0 Å². The highest BCUT2D eigenvalue weighted by atomic mass is 16.3. The Morgan fingerprint density at radius 2 is 1.05 bits per heavy atom. The monoisotopic (exact) mass is 729 g/mol. The Hall–Kier alpha value is -7.83. The molecular weight excluding hydrogens is 699 g/mol. The zero-order valence-corrected chi connectivity index (χ0v) is 30.5. The topological polar surface area (TPSA) is 68.8 Å². The molecule has 0 saturated carbocycles. The lowest BCUT2D eigenvalue weighted by Gasteiger charge is -2.21. The SMILES string of the molecule is c1ccc(-c2nc3cc4cc(c3o2)-c2cc(-c3cccc(-c5nc(-n6c7ccccc7c7ccccc76)nc6ccccc56)c3)ccc2Nc2ccccc2-4)cc1. The second kappa shape index (κ2) is 12.3. The number of aromatic nitrogens is 4. The Balaban J connectivity index is 1.03. The summed E-state index contributed by atoms with van der Waals surface area (Å²) in [5.41, 5.74) is 15.9. The van der Waals surface area contributed by atoms with Gasteiger partial charge in [-0.2, -0.15) is 0 Å². The minimum Gasteiger partial charge on any atom is -0.435 e. The molecule has 1 aliphatic rings. The van der Waals surface area contributed by atoms with Gasteiger partial charge in [0.15, 0.2) is 5.58 Å². The first-order chi connectivity index (χ1) is 28.2. The number of hydrogen-bond acceptors (Lipinski definition) is 5. The maximum absolute atomic E-state index is 6.61. The lowest BCUT2D eigenvalue weighted by molar-refractivity contribution is 0.621. The summed E-state index contributed by atoms with van der Waals surface area (Å²) in [7, 11) is 0. The molecule has 3 aromatic heterocycles. The fraction of sp³-hybridized carbons (Fsp3) is 0. The number of para-hydroxylation sites is 4. The molecule has 12 rings (SSSR count). The molecule has 1 N–H and O–H groups in total. The zero-order valence-electron chi connectivity index (χ0n) is 30.5. The van der Waals surface area contributed by atoms with Crippen LogP contribution in [0.1, 0.15) is 0 Å². The van der Waals surface area contributed by atoms with Gasteiger partial charge in [-0.05, 0) is 83.4 Å². The van der Waals surface area contributed by atoms with Crippen LogP contribution >= 0.6 is 0 Å². The molecular formula is C51H31N5O. The van der Waals surface area contributed by atoms with Crippen molar-refractivity contribution in [3.63, 3.8) is 0 Å². The Bertz CT molecular complexity index is 3340. The molecule has 0 radical (unpaired) electrons. The van der Waals surface area contributed by atoms with Crippen molar-refractivity contribution in [3.8, 4) is 62.0 Å². The number of fused-ring (bicyclic) bond motifs is 12. The number of oxazole rings is 1. The quantitative estimate of drug-likeness (QED) is 0.195. The van der Waals surface area contributed by atoms with Crippen LogP contribution in [0.15, 0.2) is 186 Å². The van der Waals surface area contributed by atoms with Gasteiger partial charge >= 0.3 is 0 Å². The van der Waals surface area contributed by atoms with Crippen molar-refractivity contribution < 1.29 is 4.42 Å². The Morgan fingerprint density at radius 1 is 0.404 bits per heavy atom. The van der Waals surface area contributed by atoms with E-state index in [-0.39, 0.29) is 0 Å². The molecule has 0 atom stereocenters. The molecule has 0 amide bonds. The summed E-state index contributed by atoms with van der Waals surface area (Å²) in [4.78, 5) is 15.5. The molecule has 6 nitrogen and oxygen atoms in total. The zero-order chi connectivity index (χ0) is 37.5. The van der Waals surface area contributed by atoms with E-state index < -0.39 is 0 Å². The van der Waals surface area contributed by atoms with E-state index in [0.717, 1.165) is 94.6 Å². The lowest BCUT2D eigenvalue weighted by atomic mass is 9.91. The van der Waals surface area contributed by atoms with E-state index in [1.807, 2.05) is 36.4 Å². The summed E-state index contributed by atoms with van der Waals surface area (Å²) in [6.07, 6.45) is 0. The van der Waals surface area contributed by atoms with E-state index in [1.165, 1.54) is 10.8 Å². The average molecular weight is 730 g/mol. The van der Waals surface area contributed by atoms with Crippen LogP contribution in [-0.4, -0.2) is 19.5 Å². The third kappa shape index (κ3) is 5.01. The standard InChI is InChI=1S/C51H31N5O/c1-2-13-31(14-3-1)50-53-45-30-35-29-41(49(45)57-50)40-28-33(25-26-44(40)52-42-21-8-4-17-36(35)42)32-15-12-16-34(27-32)48-39-20-5-9-22-43(39)54-51(55-48)56-46-23-10-6-18-37(46)38-19-7-11-24-47(38)56/h1-30,52H. The molecule has 0 fully saturated rings. The van der Waals surface area contributed by atoms with Gasteiger partial charge in [-0.25, -0.2) is 15.0 Å². The number of hydrogen-bond donors (Lipinski definition) is 1. The first-order valence-electron chi connectivity index (χ1n) is 19.1. The van der Waals surface area contributed by atoms with Crippen LogP contribution in [0.4, 0.5) is 11.4 Å². The van der Waals surface area contributed by atoms with Crippen LogP contribution in [0.3, 0.4) is 0 Å². The molecule has 0 unspecified atom stereocenters. The first kappa shape index (κ1) is 31.5. The van der Waals surface area contributed by atoms with Gasteiger partial charge in [-0.15, -0.1) is 0 Å². The molecule has 266 valence electrons. The van der Waals surface area contributed by atoms with E-state index in [1.54, 1.807) is 0 Å². The van der Waals surface area contributed by atoms with Crippen LogP contribution in [0.2, 0.25) is 0 Å². The maximum Gasteiger partial charge on any atom is 0.235 e. The van der Waals surface area contributed by atoms with Crippen LogP contribution in [-0.2, 0) is 0 Å². The van der Waals surface area contributed by atoms with Crippen molar-refractivity contribution in [3.05, 3.63) is 182 Å². The number of anilines is 2. The van der Waals surface area contributed by atoms with Crippen LogP contribution in [0.5, 0.6) is 0 Å². The second-order valence-electron chi connectivity index (χ2n) is 14.5. The van der Waals surface area contributed by atoms with Gasteiger partial charge in [0, 0.05) is 55.4 Å². The fourth-order valence-electron chi connectivity index (χ4n) is 8.51. The van der Waals surface area contributed by atoms with Gasteiger partial charge in [0.1, 0.15) is 5.52 Å². The fourth-order valence-corrected chi connectivity index (χ4v) is 8.51. The van der Waals surface area contributed by atoms with Crippen molar-refractivity contribution in [1.82, 2.24) is 19.5 Å². The summed E-state index contributed by atoms with van der Waals surface area (Å²) in [6.45, 7) is 0. The Morgan fingerprint density at radius 3 is 1.89 bits per heavy atom. The van der Waals surface area contributed by atoms with Crippen LogP contribution in [0.25, 0.3) is 106 Å². The van der Waals surface area contributed by atoms with Gasteiger partial charge in [0.2, 0.25) is 11.8 Å². The van der Waals surface area contributed by atoms with Crippen LogP contribution < -0.4 is 5.32 Å². The van der Waals surface area contributed by atoms with E-state index in [2.05, 4.69) is 155 Å². The summed E-state index contributed by atoms with van der Waals surface area (Å²) in [6, 6.07) is 63.4. The molecule has 0 aliphatic carbocycles. The minimum atomic E-state index is 0.604. The summed E-state index contributed by atoms with van der Waals surface area (Å²) < 4.78 is 8.80. The highest BCUT2D eigenvalue weighted by Crippen LogP contribution is 2.46. The molecule has 2 bridgehead atoms. The van der Waals surface area contributed by atoms with E-state index in [4.69, 9.17) is 19.4 Å². The van der Waals surface area contributed by atoms with Crippen molar-refractivity contribution in [2.75, 3.05) is 5.32 Å². The summed E-state index contributed by atoms with van der Waals surface area (Å²) in [5.74, 6) is 1.25. The maximum atomic E-state index is 6.61. The second-order valence-corrected chi connectivity index (χ2v) is 14.5. The minimum absolute atomic E-state index is 0.604. The van der Waals surface area contributed by atoms with Gasteiger partial charge in [-0.1, -0.05) is 115 Å². The average Bonchev–Trinajstić information content (AvgIpc) is 3.86. The first-order valence-corrected chi connectivity index (χ1v) is 19.1. The summed E-state index contributed by atoms with van der Waals surface area (Å²) >= 11 is 0. The molecule has 4 heterocycles. The van der Waals surface area contributed by atoms with Crippen molar-refractivity contribution in [2.24, 2.45) is 0 Å².